The number of thiophene rings is 1. The van der Waals surface area contributed by atoms with Crippen LogP contribution in [0.25, 0.3) is 0 Å². The average Bonchev–Trinajstić information content (AvgIpc) is 2.95. The molecule has 1 aromatic carbocycles. The average molecular weight is 411 g/mol. The van der Waals surface area contributed by atoms with Gasteiger partial charge in [-0.1, -0.05) is 17.7 Å². The second-order valence-corrected chi connectivity index (χ2v) is 8.96. The minimum atomic E-state index is -0.398. The zero-order valence-electron chi connectivity index (χ0n) is 15.7. The highest BCUT2D eigenvalue weighted by Crippen LogP contribution is 2.37. The summed E-state index contributed by atoms with van der Waals surface area (Å²) in [7, 11) is 0. The highest BCUT2D eigenvalue weighted by atomic mass is 35.5. The number of benzene rings is 1. The number of halogens is 1. The van der Waals surface area contributed by atoms with E-state index in [1.807, 2.05) is 19.1 Å². The molecule has 0 amide bonds. The highest BCUT2D eigenvalue weighted by Gasteiger charge is 2.29. The lowest BCUT2D eigenvalue weighted by atomic mass is 9.91. The summed E-state index contributed by atoms with van der Waals surface area (Å²) in [5.74, 6) is 0. The third kappa shape index (κ3) is 4.91. The van der Waals surface area contributed by atoms with Crippen LogP contribution in [-0.4, -0.2) is 34.1 Å². The van der Waals surface area contributed by atoms with Gasteiger partial charge in [-0.3, -0.25) is 0 Å². The van der Waals surface area contributed by atoms with Crippen LogP contribution < -0.4 is 0 Å². The molecule has 1 aliphatic heterocycles. The Morgan fingerprint density at radius 2 is 1.96 bits per heavy atom. The maximum atomic E-state index is 10.1. The molecule has 0 aliphatic carbocycles. The summed E-state index contributed by atoms with van der Waals surface area (Å²) < 4.78 is 6.05. The van der Waals surface area contributed by atoms with Gasteiger partial charge >= 0.3 is 0 Å². The smallest absolute Gasteiger partial charge is 0.0856 e. The van der Waals surface area contributed by atoms with Gasteiger partial charge in [0.1, 0.15) is 0 Å². The monoisotopic (exact) mass is 410 g/mol. The SMILES string of the molecule is Cc1cc(Cc2cc(C3CC(O)CC(C)O3)c(CO)cc2Cl)sc1CCO. The van der Waals surface area contributed by atoms with Crippen LogP contribution in [0.5, 0.6) is 0 Å². The molecule has 2 heterocycles. The van der Waals surface area contributed by atoms with E-state index in [1.54, 1.807) is 11.3 Å². The Morgan fingerprint density at radius 1 is 1.19 bits per heavy atom. The maximum Gasteiger partial charge on any atom is 0.0856 e. The Morgan fingerprint density at radius 3 is 2.63 bits per heavy atom. The van der Waals surface area contributed by atoms with E-state index in [4.69, 9.17) is 16.3 Å². The van der Waals surface area contributed by atoms with Crippen LogP contribution in [0, 0.1) is 6.92 Å². The van der Waals surface area contributed by atoms with Crippen molar-refractivity contribution in [3.8, 4) is 0 Å². The molecule has 1 aliphatic rings. The number of hydrogen-bond donors (Lipinski definition) is 3. The third-order valence-electron chi connectivity index (χ3n) is 5.09. The Balaban J connectivity index is 1.91. The van der Waals surface area contributed by atoms with Gasteiger partial charge in [0.15, 0.2) is 0 Å². The number of rotatable bonds is 6. The first-order chi connectivity index (χ1) is 12.9. The van der Waals surface area contributed by atoms with Crippen molar-refractivity contribution in [1.29, 1.82) is 0 Å². The minimum absolute atomic E-state index is 0.0228. The number of aliphatic hydroxyl groups is 3. The van der Waals surface area contributed by atoms with Gasteiger partial charge in [0, 0.05) is 40.6 Å². The quantitative estimate of drug-likeness (QED) is 0.674. The highest BCUT2D eigenvalue weighted by molar-refractivity contribution is 7.12. The number of aryl methyl sites for hydroxylation is 1. The first-order valence-corrected chi connectivity index (χ1v) is 10.5. The molecule has 1 saturated heterocycles. The normalized spacial score (nSPS) is 23.0. The second kappa shape index (κ2) is 9.03. The van der Waals surface area contributed by atoms with Crippen molar-refractivity contribution in [2.45, 2.75) is 64.4 Å². The van der Waals surface area contributed by atoms with Crippen LogP contribution in [0.1, 0.15) is 57.9 Å². The van der Waals surface area contributed by atoms with Gasteiger partial charge in [-0.2, -0.15) is 0 Å². The molecule has 4 nitrogen and oxygen atoms in total. The summed E-state index contributed by atoms with van der Waals surface area (Å²) in [6.07, 6.45) is 1.86. The summed E-state index contributed by atoms with van der Waals surface area (Å²) in [6.45, 7) is 4.06. The van der Waals surface area contributed by atoms with Gasteiger partial charge in [-0.05, 0) is 54.7 Å². The first-order valence-electron chi connectivity index (χ1n) is 9.35. The predicted molar refractivity (Wildman–Crippen MR) is 109 cm³/mol. The van der Waals surface area contributed by atoms with Gasteiger partial charge in [-0.25, -0.2) is 0 Å². The fourth-order valence-electron chi connectivity index (χ4n) is 3.78. The van der Waals surface area contributed by atoms with Crippen LogP contribution in [0.15, 0.2) is 18.2 Å². The summed E-state index contributed by atoms with van der Waals surface area (Å²) >= 11 is 8.20. The molecule has 2 aromatic rings. The summed E-state index contributed by atoms with van der Waals surface area (Å²) in [6, 6.07) is 5.98. The lowest BCUT2D eigenvalue weighted by Gasteiger charge is -2.33. The molecule has 148 valence electrons. The van der Waals surface area contributed by atoms with E-state index < -0.39 is 6.10 Å². The van der Waals surface area contributed by atoms with Crippen LogP contribution in [-0.2, 0) is 24.2 Å². The van der Waals surface area contributed by atoms with Gasteiger partial charge < -0.3 is 20.1 Å². The van der Waals surface area contributed by atoms with Crippen LogP contribution in [0.4, 0.5) is 0 Å². The van der Waals surface area contributed by atoms with E-state index in [0.29, 0.717) is 30.7 Å². The topological polar surface area (TPSA) is 69.9 Å². The van der Waals surface area contributed by atoms with Crippen LogP contribution in [0.2, 0.25) is 5.02 Å². The van der Waals surface area contributed by atoms with Gasteiger partial charge in [0.2, 0.25) is 0 Å². The molecule has 1 aromatic heterocycles. The lowest BCUT2D eigenvalue weighted by molar-refractivity contribution is -0.0901. The minimum Gasteiger partial charge on any atom is -0.396 e. The lowest BCUT2D eigenvalue weighted by Crippen LogP contribution is -2.30. The van der Waals surface area contributed by atoms with E-state index in [0.717, 1.165) is 16.7 Å². The van der Waals surface area contributed by atoms with E-state index >= 15 is 0 Å². The molecule has 0 bridgehead atoms. The summed E-state index contributed by atoms with van der Waals surface area (Å²) in [5.41, 5.74) is 3.83. The number of aliphatic hydroxyl groups excluding tert-OH is 3. The molecule has 0 spiro atoms. The third-order valence-corrected chi connectivity index (χ3v) is 6.74. The van der Waals surface area contributed by atoms with Gasteiger partial charge in [0.25, 0.3) is 0 Å². The Bertz CT molecular complexity index is 779. The molecule has 0 radical (unpaired) electrons. The summed E-state index contributed by atoms with van der Waals surface area (Å²) in [4.78, 5) is 2.39. The van der Waals surface area contributed by atoms with Crippen LogP contribution in [0.3, 0.4) is 0 Å². The molecular weight excluding hydrogens is 384 g/mol. The van der Waals surface area contributed by atoms with Crippen molar-refractivity contribution in [3.05, 3.63) is 55.2 Å². The van der Waals surface area contributed by atoms with Gasteiger partial charge in [-0.15, -0.1) is 11.3 Å². The Hall–Kier alpha value is -0.950. The number of hydrogen-bond acceptors (Lipinski definition) is 5. The Labute approximate surface area is 169 Å². The molecule has 3 atom stereocenters. The summed E-state index contributed by atoms with van der Waals surface area (Å²) in [5, 5.41) is 29.7. The standard InChI is InChI=1S/C21H27ClO4S/c1-12-5-17(27-21(12)3-4-23)7-14-8-18(15(11-24)9-19(14)22)20-10-16(25)6-13(2)26-20/h5,8-9,13,16,20,23-25H,3-4,6-7,10-11H2,1-2H3. The molecular formula is C21H27ClO4S. The van der Waals surface area contributed by atoms with E-state index in [2.05, 4.69) is 13.0 Å². The molecule has 6 heteroatoms. The molecule has 3 rings (SSSR count). The molecule has 0 saturated carbocycles. The molecule has 3 N–H and O–H groups in total. The van der Waals surface area contributed by atoms with Crippen molar-refractivity contribution in [2.75, 3.05) is 6.61 Å². The van der Waals surface area contributed by atoms with E-state index in [9.17, 15) is 15.3 Å². The van der Waals surface area contributed by atoms with Crippen molar-refractivity contribution in [2.24, 2.45) is 0 Å². The second-order valence-electron chi connectivity index (χ2n) is 7.33. The van der Waals surface area contributed by atoms with E-state index in [1.165, 1.54) is 15.3 Å². The number of ether oxygens (including phenoxy) is 1. The maximum absolute atomic E-state index is 10.1. The molecule has 3 unspecified atom stereocenters. The van der Waals surface area contributed by atoms with Crippen molar-refractivity contribution < 1.29 is 20.1 Å². The predicted octanol–water partition coefficient (Wildman–Crippen LogP) is 3.93. The zero-order valence-corrected chi connectivity index (χ0v) is 17.3. The van der Waals surface area contributed by atoms with Gasteiger partial charge in [0.05, 0.1) is 24.9 Å². The molecule has 1 fully saturated rings. The van der Waals surface area contributed by atoms with E-state index in [-0.39, 0.29) is 25.4 Å². The molecule has 27 heavy (non-hydrogen) atoms. The fraction of sp³-hybridized carbons (Fsp3) is 0.524. The van der Waals surface area contributed by atoms with Crippen molar-refractivity contribution in [3.63, 3.8) is 0 Å². The fourth-order valence-corrected chi connectivity index (χ4v) is 5.23. The first kappa shape index (κ1) is 20.8. The largest absolute Gasteiger partial charge is 0.396 e. The zero-order chi connectivity index (χ0) is 19.6. The van der Waals surface area contributed by atoms with Crippen LogP contribution >= 0.6 is 22.9 Å². The Kier molecular flexibility index (Phi) is 6.95. The van der Waals surface area contributed by atoms with Crippen molar-refractivity contribution in [1.82, 2.24) is 0 Å². The van der Waals surface area contributed by atoms with Crippen molar-refractivity contribution >= 4 is 22.9 Å².